The Labute approximate surface area is 159 Å². The van der Waals surface area contributed by atoms with E-state index >= 15 is 0 Å². The number of ketones is 2. The van der Waals surface area contributed by atoms with Crippen molar-refractivity contribution >= 4 is 35.1 Å². The number of hydrogen-bond acceptors (Lipinski definition) is 4. The lowest BCUT2D eigenvalue weighted by atomic mass is 9.48. The molecule has 4 heteroatoms. The number of rotatable bonds is 2. The first-order chi connectivity index (χ1) is 11.9. The highest BCUT2D eigenvalue weighted by molar-refractivity contribution is 8.02. The zero-order valence-corrected chi connectivity index (χ0v) is 17.3. The molecule has 6 atom stereocenters. The van der Waals surface area contributed by atoms with Crippen LogP contribution in [0.1, 0.15) is 46.0 Å². The number of allylic oxidation sites excluding steroid dienone is 4. The molecule has 4 rings (SSSR count). The highest BCUT2D eigenvalue weighted by atomic mass is 32.2. The smallest absolute Gasteiger partial charge is 0.179 e. The van der Waals surface area contributed by atoms with E-state index in [4.69, 9.17) is 0 Å². The van der Waals surface area contributed by atoms with Crippen molar-refractivity contribution in [1.29, 1.82) is 0 Å². The summed E-state index contributed by atoms with van der Waals surface area (Å²) in [6.07, 6.45) is 13.1. The van der Waals surface area contributed by atoms with Gasteiger partial charge in [0.2, 0.25) is 0 Å². The maximum atomic E-state index is 12.6. The van der Waals surface area contributed by atoms with E-state index in [0.29, 0.717) is 28.8 Å². The van der Waals surface area contributed by atoms with Crippen LogP contribution in [0.5, 0.6) is 0 Å². The van der Waals surface area contributed by atoms with Crippen LogP contribution in [0.15, 0.2) is 22.6 Å². The van der Waals surface area contributed by atoms with Gasteiger partial charge in [0.05, 0.1) is 0 Å². The lowest BCUT2D eigenvalue weighted by Gasteiger charge is -2.59. The quantitative estimate of drug-likeness (QED) is 0.687. The molecule has 3 fully saturated rings. The van der Waals surface area contributed by atoms with Crippen LogP contribution in [-0.2, 0) is 9.59 Å². The Morgan fingerprint density at radius 3 is 2.52 bits per heavy atom. The molecule has 0 heterocycles. The van der Waals surface area contributed by atoms with E-state index in [0.717, 1.165) is 32.1 Å². The summed E-state index contributed by atoms with van der Waals surface area (Å²) in [6, 6.07) is 0. The summed E-state index contributed by atoms with van der Waals surface area (Å²) in [5.41, 5.74) is 1.25. The third-order valence-corrected chi connectivity index (χ3v) is 9.99. The van der Waals surface area contributed by atoms with Gasteiger partial charge in [-0.2, -0.15) is 11.8 Å². The first-order valence-corrected chi connectivity index (χ1v) is 11.9. The number of carbonyl (C=O) groups is 2. The second-order valence-corrected chi connectivity index (χ2v) is 10.6. The summed E-state index contributed by atoms with van der Waals surface area (Å²) in [7, 11) is 0. The molecule has 1 unspecified atom stereocenters. The normalized spacial score (nSPS) is 46.1. The zero-order valence-electron chi connectivity index (χ0n) is 15.6. The Hall–Kier alpha value is -0.480. The van der Waals surface area contributed by atoms with E-state index < -0.39 is 0 Å². The summed E-state index contributed by atoms with van der Waals surface area (Å²) in [5.74, 6) is 2.33. The lowest BCUT2D eigenvalue weighted by molar-refractivity contribution is -0.131. The van der Waals surface area contributed by atoms with E-state index in [1.54, 1.807) is 11.8 Å². The van der Waals surface area contributed by atoms with Gasteiger partial charge in [-0.05, 0) is 73.0 Å². The third-order valence-electron chi connectivity index (χ3n) is 7.93. The Morgan fingerprint density at radius 1 is 1.08 bits per heavy atom. The molecular formula is C21H28O2S2. The van der Waals surface area contributed by atoms with Gasteiger partial charge in [0.1, 0.15) is 5.78 Å². The fourth-order valence-corrected chi connectivity index (χ4v) is 8.50. The van der Waals surface area contributed by atoms with Crippen molar-refractivity contribution in [2.75, 3.05) is 12.5 Å². The van der Waals surface area contributed by atoms with E-state index in [1.807, 2.05) is 23.9 Å². The van der Waals surface area contributed by atoms with Crippen molar-refractivity contribution in [1.82, 2.24) is 0 Å². The third kappa shape index (κ3) is 2.32. The minimum absolute atomic E-state index is 0.00279. The van der Waals surface area contributed by atoms with Gasteiger partial charge in [0.15, 0.2) is 5.78 Å². The maximum absolute atomic E-state index is 12.6. The Kier molecular flexibility index (Phi) is 4.31. The molecule has 0 aliphatic heterocycles. The molecule has 0 radical (unpaired) electrons. The predicted octanol–water partition coefficient (Wildman–Crippen LogP) is 4.90. The Balaban J connectivity index is 1.82. The first-order valence-electron chi connectivity index (χ1n) is 9.43. The second kappa shape index (κ2) is 6.02. The van der Waals surface area contributed by atoms with Crippen LogP contribution in [0.25, 0.3) is 0 Å². The molecule has 0 saturated heterocycles. The summed E-state index contributed by atoms with van der Waals surface area (Å²) in [5, 5.41) is 0.536. The van der Waals surface area contributed by atoms with E-state index in [-0.39, 0.29) is 16.6 Å². The van der Waals surface area contributed by atoms with Crippen LogP contribution in [0, 0.1) is 28.6 Å². The van der Waals surface area contributed by atoms with Crippen LogP contribution in [0.3, 0.4) is 0 Å². The second-order valence-electron chi connectivity index (χ2n) is 8.67. The van der Waals surface area contributed by atoms with Crippen LogP contribution in [0.4, 0.5) is 0 Å². The van der Waals surface area contributed by atoms with E-state index in [1.165, 1.54) is 10.5 Å². The van der Waals surface area contributed by atoms with Crippen LogP contribution >= 0.6 is 23.5 Å². The largest absolute Gasteiger partial charge is 0.299 e. The zero-order chi connectivity index (χ0) is 18.0. The molecule has 0 amide bonds. The average Bonchev–Trinajstić information content (AvgIpc) is 2.89. The highest BCUT2D eigenvalue weighted by Gasteiger charge is 2.62. The SMILES string of the molecule is CSC1=CC(=O)C=C2CC(SC)[C@@H]3[C@H](CC[C@]4(C)C(=O)CC[C@@H]34)[C@]21C. The monoisotopic (exact) mass is 376 g/mol. The average molecular weight is 377 g/mol. The molecule has 3 saturated carbocycles. The molecular weight excluding hydrogens is 348 g/mol. The first kappa shape index (κ1) is 17.9. The minimum Gasteiger partial charge on any atom is -0.299 e. The molecule has 4 aliphatic rings. The van der Waals surface area contributed by atoms with Crippen molar-refractivity contribution in [2.24, 2.45) is 28.6 Å². The molecule has 0 aromatic carbocycles. The molecule has 4 aliphatic carbocycles. The highest BCUT2D eigenvalue weighted by Crippen LogP contribution is 2.67. The fourth-order valence-electron chi connectivity index (χ4n) is 6.52. The van der Waals surface area contributed by atoms with Crippen LogP contribution in [-0.4, -0.2) is 29.3 Å². The van der Waals surface area contributed by atoms with E-state index in [2.05, 4.69) is 26.4 Å². The molecule has 0 aromatic heterocycles. The maximum Gasteiger partial charge on any atom is 0.179 e. The molecule has 25 heavy (non-hydrogen) atoms. The number of fused-ring (bicyclic) bond motifs is 5. The van der Waals surface area contributed by atoms with Gasteiger partial charge in [0.25, 0.3) is 0 Å². The molecule has 0 N–H and O–H groups in total. The molecule has 0 aromatic rings. The van der Waals surface area contributed by atoms with Crippen molar-refractivity contribution in [3.63, 3.8) is 0 Å². The number of hydrogen-bond donors (Lipinski definition) is 0. The number of carbonyl (C=O) groups excluding carboxylic acids is 2. The van der Waals surface area contributed by atoms with Gasteiger partial charge in [-0.15, -0.1) is 11.8 Å². The summed E-state index contributed by atoms with van der Waals surface area (Å²) >= 11 is 3.70. The van der Waals surface area contributed by atoms with Gasteiger partial charge in [-0.3, -0.25) is 9.59 Å². The van der Waals surface area contributed by atoms with Crippen LogP contribution < -0.4 is 0 Å². The van der Waals surface area contributed by atoms with Crippen molar-refractivity contribution < 1.29 is 9.59 Å². The molecule has 0 spiro atoms. The fraction of sp³-hybridized carbons (Fsp3) is 0.714. The van der Waals surface area contributed by atoms with Gasteiger partial charge >= 0.3 is 0 Å². The summed E-state index contributed by atoms with van der Waals surface area (Å²) < 4.78 is 0. The van der Waals surface area contributed by atoms with Gasteiger partial charge in [-0.25, -0.2) is 0 Å². The minimum atomic E-state index is -0.0968. The van der Waals surface area contributed by atoms with Gasteiger partial charge in [-0.1, -0.05) is 19.4 Å². The van der Waals surface area contributed by atoms with Crippen molar-refractivity contribution in [3.8, 4) is 0 Å². The Bertz CT molecular complexity index is 694. The molecule has 2 nitrogen and oxygen atoms in total. The Morgan fingerprint density at radius 2 is 1.84 bits per heavy atom. The number of thioether (sulfide) groups is 2. The molecule has 136 valence electrons. The lowest BCUT2D eigenvalue weighted by Crippen LogP contribution is -2.54. The van der Waals surface area contributed by atoms with Crippen molar-refractivity contribution in [3.05, 3.63) is 22.6 Å². The molecule has 0 bridgehead atoms. The van der Waals surface area contributed by atoms with Crippen molar-refractivity contribution in [2.45, 2.75) is 51.2 Å². The number of Topliss-reactive ketones (excluding diaryl/α,β-unsaturated/α-hetero) is 1. The summed E-state index contributed by atoms with van der Waals surface area (Å²) in [6.45, 7) is 4.62. The van der Waals surface area contributed by atoms with Crippen LogP contribution in [0.2, 0.25) is 0 Å². The standard InChI is InChI=1S/C21H28O2S2/c1-20-8-7-15-19(14(20)5-6-17(20)23)16(24-3)10-12-9-13(22)11-18(25-4)21(12,15)2/h9,11,14-16,19H,5-8,10H2,1-4H3/t14-,15-,16?,19-,20-,21-/m0/s1. The predicted molar refractivity (Wildman–Crippen MR) is 107 cm³/mol. The van der Waals surface area contributed by atoms with Gasteiger partial charge < -0.3 is 0 Å². The summed E-state index contributed by atoms with van der Waals surface area (Å²) in [4.78, 5) is 26.1. The topological polar surface area (TPSA) is 34.1 Å². The van der Waals surface area contributed by atoms with Gasteiger partial charge in [0, 0.05) is 22.5 Å². The van der Waals surface area contributed by atoms with E-state index in [9.17, 15) is 9.59 Å².